The second-order valence-corrected chi connectivity index (χ2v) is 8.57. The summed E-state index contributed by atoms with van der Waals surface area (Å²) in [5, 5.41) is -0.408. The summed E-state index contributed by atoms with van der Waals surface area (Å²) in [6, 6.07) is 13.6. The molecule has 6 heteroatoms. The van der Waals surface area contributed by atoms with Crippen LogP contribution in [0, 0.1) is 13.8 Å². The van der Waals surface area contributed by atoms with E-state index in [0.717, 1.165) is 25.7 Å². The van der Waals surface area contributed by atoms with Gasteiger partial charge < -0.3 is 0 Å². The van der Waals surface area contributed by atoms with Crippen molar-refractivity contribution in [2.75, 3.05) is 4.90 Å². The number of para-hydroxylation sites is 1. The van der Waals surface area contributed by atoms with Gasteiger partial charge in [-0.1, -0.05) is 30.0 Å². The van der Waals surface area contributed by atoms with E-state index in [9.17, 15) is 9.59 Å². The molecule has 0 unspecified atom stereocenters. The van der Waals surface area contributed by atoms with E-state index in [1.54, 1.807) is 11.3 Å². The Morgan fingerprint density at radius 3 is 2.68 bits per heavy atom. The smallest absolute Gasteiger partial charge is 0.247 e. The first kappa shape index (κ1) is 16.3. The average molecular weight is 368 g/mol. The van der Waals surface area contributed by atoms with E-state index < -0.39 is 5.25 Å². The number of benzene rings is 2. The highest BCUT2D eigenvalue weighted by atomic mass is 32.2. The van der Waals surface area contributed by atoms with Crippen LogP contribution in [-0.4, -0.2) is 22.0 Å². The third-order valence-electron chi connectivity index (χ3n) is 4.37. The lowest BCUT2D eigenvalue weighted by atomic mass is 10.1. The molecule has 0 bridgehead atoms. The molecular weight excluding hydrogens is 352 g/mol. The maximum absolute atomic E-state index is 12.8. The highest BCUT2D eigenvalue weighted by Gasteiger charge is 2.40. The van der Waals surface area contributed by atoms with Gasteiger partial charge in [0.15, 0.2) is 4.34 Å². The number of aryl methyl sites for hydroxylation is 2. The van der Waals surface area contributed by atoms with E-state index >= 15 is 0 Å². The van der Waals surface area contributed by atoms with E-state index in [-0.39, 0.29) is 18.2 Å². The molecule has 2 heterocycles. The fourth-order valence-corrected chi connectivity index (χ4v) is 5.19. The van der Waals surface area contributed by atoms with Crippen molar-refractivity contribution < 1.29 is 9.59 Å². The van der Waals surface area contributed by atoms with Crippen molar-refractivity contribution in [2.24, 2.45) is 0 Å². The molecule has 1 aromatic heterocycles. The minimum atomic E-state index is -0.408. The van der Waals surface area contributed by atoms with Crippen LogP contribution in [-0.2, 0) is 9.59 Å². The van der Waals surface area contributed by atoms with Gasteiger partial charge in [0.2, 0.25) is 11.8 Å². The van der Waals surface area contributed by atoms with Crippen molar-refractivity contribution >= 4 is 50.8 Å². The van der Waals surface area contributed by atoms with Gasteiger partial charge in [-0.3, -0.25) is 9.59 Å². The number of carbonyl (C=O) groups is 2. The molecule has 0 aliphatic carbocycles. The number of hydrogen-bond donors (Lipinski definition) is 0. The average Bonchev–Trinajstić information content (AvgIpc) is 3.11. The van der Waals surface area contributed by atoms with Crippen LogP contribution in [0.4, 0.5) is 5.69 Å². The summed E-state index contributed by atoms with van der Waals surface area (Å²) in [4.78, 5) is 31.1. The van der Waals surface area contributed by atoms with E-state index in [1.165, 1.54) is 16.7 Å². The summed E-state index contributed by atoms with van der Waals surface area (Å²) in [5.41, 5.74) is 3.80. The van der Waals surface area contributed by atoms with Crippen molar-refractivity contribution in [1.82, 2.24) is 4.98 Å². The fourth-order valence-electron chi connectivity index (χ4n) is 2.86. The number of carbonyl (C=O) groups excluding carboxylic acids is 2. The van der Waals surface area contributed by atoms with Gasteiger partial charge in [0.25, 0.3) is 0 Å². The molecule has 1 saturated heterocycles. The van der Waals surface area contributed by atoms with Crippen LogP contribution in [0.1, 0.15) is 17.5 Å². The third-order valence-corrected chi connectivity index (χ3v) is 6.69. The number of aromatic nitrogens is 1. The predicted octanol–water partition coefficient (Wildman–Crippen LogP) is 4.34. The molecule has 0 spiro atoms. The molecule has 1 fully saturated rings. The zero-order valence-electron chi connectivity index (χ0n) is 13.9. The number of rotatable bonds is 3. The fraction of sp³-hybridized carbons (Fsp3) is 0.211. The monoisotopic (exact) mass is 368 g/mol. The van der Waals surface area contributed by atoms with Crippen LogP contribution in [0.3, 0.4) is 0 Å². The highest BCUT2D eigenvalue weighted by molar-refractivity contribution is 8.02. The minimum absolute atomic E-state index is 0.146. The summed E-state index contributed by atoms with van der Waals surface area (Å²) in [5.74, 6) is -0.302. The Labute approximate surface area is 153 Å². The van der Waals surface area contributed by atoms with E-state index in [4.69, 9.17) is 0 Å². The number of anilines is 1. The minimum Gasteiger partial charge on any atom is -0.274 e. The molecule has 0 radical (unpaired) electrons. The van der Waals surface area contributed by atoms with Gasteiger partial charge in [-0.05, 0) is 49.2 Å². The van der Waals surface area contributed by atoms with Crippen molar-refractivity contribution in [3.05, 3.63) is 53.6 Å². The van der Waals surface area contributed by atoms with Crippen LogP contribution < -0.4 is 4.90 Å². The third kappa shape index (κ3) is 2.96. The normalized spacial score (nSPS) is 17.7. The maximum Gasteiger partial charge on any atom is 0.247 e. The van der Waals surface area contributed by atoms with Crippen LogP contribution >= 0.6 is 23.1 Å². The Bertz CT molecular complexity index is 963. The SMILES string of the molecule is Cc1ccc(N2C(=O)C[C@@H](Sc3nc4ccccc4s3)C2=O)cc1C. The number of nitrogens with zero attached hydrogens (tertiary/aromatic N) is 2. The number of fused-ring (bicyclic) bond motifs is 1. The quantitative estimate of drug-likeness (QED) is 0.646. The van der Waals surface area contributed by atoms with Crippen molar-refractivity contribution in [3.63, 3.8) is 0 Å². The summed E-state index contributed by atoms with van der Waals surface area (Å²) >= 11 is 2.95. The Morgan fingerprint density at radius 1 is 1.12 bits per heavy atom. The molecule has 1 aliphatic rings. The first-order chi connectivity index (χ1) is 12.0. The lowest BCUT2D eigenvalue weighted by Gasteiger charge is -2.16. The molecule has 0 saturated carbocycles. The number of amides is 2. The largest absolute Gasteiger partial charge is 0.274 e. The predicted molar refractivity (Wildman–Crippen MR) is 102 cm³/mol. The lowest BCUT2D eigenvalue weighted by molar-refractivity contribution is -0.121. The molecule has 4 nitrogen and oxygen atoms in total. The number of imide groups is 1. The second-order valence-electron chi connectivity index (χ2n) is 6.09. The van der Waals surface area contributed by atoms with Crippen LogP contribution in [0.5, 0.6) is 0 Å². The van der Waals surface area contributed by atoms with E-state index in [2.05, 4.69) is 4.98 Å². The Hall–Kier alpha value is -2.18. The van der Waals surface area contributed by atoms with E-state index in [0.29, 0.717) is 5.69 Å². The zero-order chi connectivity index (χ0) is 17.6. The van der Waals surface area contributed by atoms with Gasteiger partial charge in [-0.25, -0.2) is 9.88 Å². The molecule has 2 aromatic carbocycles. The van der Waals surface area contributed by atoms with Gasteiger partial charge in [0.1, 0.15) is 5.25 Å². The molecule has 0 N–H and O–H groups in total. The summed E-state index contributed by atoms with van der Waals surface area (Å²) in [6.45, 7) is 4.00. The lowest BCUT2D eigenvalue weighted by Crippen LogP contribution is -2.31. The van der Waals surface area contributed by atoms with Gasteiger partial charge in [-0.2, -0.15) is 0 Å². The zero-order valence-corrected chi connectivity index (χ0v) is 15.5. The summed E-state index contributed by atoms with van der Waals surface area (Å²) in [7, 11) is 0. The molecular formula is C19H16N2O2S2. The summed E-state index contributed by atoms with van der Waals surface area (Å²) < 4.78 is 1.92. The number of thiazole rings is 1. The van der Waals surface area contributed by atoms with Crippen molar-refractivity contribution in [2.45, 2.75) is 29.9 Å². The Morgan fingerprint density at radius 2 is 1.92 bits per heavy atom. The van der Waals surface area contributed by atoms with Crippen molar-refractivity contribution in [1.29, 1.82) is 0 Å². The first-order valence-electron chi connectivity index (χ1n) is 7.99. The second kappa shape index (κ2) is 6.28. The molecule has 2 amide bonds. The van der Waals surface area contributed by atoms with E-state index in [1.807, 2.05) is 56.3 Å². The molecule has 3 aromatic rings. The Balaban J connectivity index is 1.59. The topological polar surface area (TPSA) is 50.3 Å². The molecule has 1 atom stereocenters. The van der Waals surface area contributed by atoms with Gasteiger partial charge in [-0.15, -0.1) is 11.3 Å². The van der Waals surface area contributed by atoms with Crippen LogP contribution in [0.15, 0.2) is 46.8 Å². The van der Waals surface area contributed by atoms with Gasteiger partial charge in [0.05, 0.1) is 15.9 Å². The standard InChI is InChI=1S/C19H16N2O2S2/c1-11-7-8-13(9-12(11)2)21-17(22)10-16(18(21)23)25-19-20-14-5-3-4-6-15(14)24-19/h3-9,16H,10H2,1-2H3/t16-/m1/s1. The number of thioether (sulfide) groups is 1. The molecule has 25 heavy (non-hydrogen) atoms. The highest BCUT2D eigenvalue weighted by Crippen LogP contribution is 2.37. The summed E-state index contributed by atoms with van der Waals surface area (Å²) in [6.07, 6.45) is 0.215. The van der Waals surface area contributed by atoms with Crippen LogP contribution in [0.2, 0.25) is 0 Å². The molecule has 4 rings (SSSR count). The first-order valence-corrected chi connectivity index (χ1v) is 9.69. The van der Waals surface area contributed by atoms with Crippen molar-refractivity contribution in [3.8, 4) is 0 Å². The van der Waals surface area contributed by atoms with Gasteiger partial charge in [0, 0.05) is 6.42 Å². The number of hydrogen-bond acceptors (Lipinski definition) is 5. The molecule has 1 aliphatic heterocycles. The molecule has 126 valence electrons. The van der Waals surface area contributed by atoms with Gasteiger partial charge >= 0.3 is 0 Å². The van der Waals surface area contributed by atoms with Crippen LogP contribution in [0.25, 0.3) is 10.2 Å². The Kier molecular flexibility index (Phi) is 4.09. The maximum atomic E-state index is 12.8.